The maximum Gasteiger partial charge on any atom is 0.251 e. The quantitative estimate of drug-likeness (QED) is 0.698. The predicted octanol–water partition coefficient (Wildman–Crippen LogP) is 3.35. The number of rotatable bonds is 8. The maximum atomic E-state index is 12.1. The Hall–Kier alpha value is -2.02. The molecule has 27 heavy (non-hydrogen) atoms. The molecule has 2 heterocycles. The fourth-order valence-corrected chi connectivity index (χ4v) is 3.34. The standard InChI is InChI=1S/C20H25ClN2O4/c1-25-11-7-22-20(24)16-2-3-19(18(21)12-16)27-17-4-8-23(9-5-17)13-15-6-10-26-14-15/h2-3,6,10,12,14,17H,4-5,7-9,11,13H2,1H3,(H,22,24). The average molecular weight is 393 g/mol. The third-order valence-electron chi connectivity index (χ3n) is 4.60. The summed E-state index contributed by atoms with van der Waals surface area (Å²) in [5.74, 6) is 0.450. The van der Waals surface area contributed by atoms with E-state index in [4.69, 9.17) is 25.5 Å². The summed E-state index contributed by atoms with van der Waals surface area (Å²) < 4.78 is 16.1. The molecule has 1 fully saturated rings. The number of piperidine rings is 1. The molecule has 1 aromatic carbocycles. The maximum absolute atomic E-state index is 12.1. The van der Waals surface area contributed by atoms with Crippen LogP contribution in [0, 0.1) is 0 Å². The van der Waals surface area contributed by atoms with Gasteiger partial charge in [-0.25, -0.2) is 0 Å². The van der Waals surface area contributed by atoms with Gasteiger partial charge in [0, 0.05) is 44.4 Å². The van der Waals surface area contributed by atoms with E-state index in [0.29, 0.717) is 29.5 Å². The molecule has 0 spiro atoms. The van der Waals surface area contributed by atoms with Gasteiger partial charge >= 0.3 is 0 Å². The van der Waals surface area contributed by atoms with Gasteiger partial charge in [-0.3, -0.25) is 9.69 Å². The van der Waals surface area contributed by atoms with Crippen molar-refractivity contribution < 1.29 is 18.7 Å². The smallest absolute Gasteiger partial charge is 0.251 e. The van der Waals surface area contributed by atoms with E-state index in [0.717, 1.165) is 32.5 Å². The second-order valence-electron chi connectivity index (χ2n) is 6.62. The molecule has 2 aromatic rings. The number of likely N-dealkylation sites (tertiary alicyclic amines) is 1. The lowest BCUT2D eigenvalue weighted by Crippen LogP contribution is -2.37. The van der Waals surface area contributed by atoms with Crippen molar-refractivity contribution in [1.82, 2.24) is 10.2 Å². The molecule has 1 amide bonds. The van der Waals surface area contributed by atoms with Crippen molar-refractivity contribution in [3.05, 3.63) is 52.9 Å². The van der Waals surface area contributed by atoms with E-state index >= 15 is 0 Å². The van der Waals surface area contributed by atoms with Crippen molar-refractivity contribution in [1.29, 1.82) is 0 Å². The first-order valence-electron chi connectivity index (χ1n) is 9.12. The van der Waals surface area contributed by atoms with E-state index in [1.165, 1.54) is 5.56 Å². The molecule has 1 aliphatic heterocycles. The van der Waals surface area contributed by atoms with Gasteiger partial charge in [-0.15, -0.1) is 0 Å². The second-order valence-corrected chi connectivity index (χ2v) is 7.03. The molecule has 146 valence electrons. The summed E-state index contributed by atoms with van der Waals surface area (Å²) in [7, 11) is 1.59. The minimum atomic E-state index is -0.173. The summed E-state index contributed by atoms with van der Waals surface area (Å²) in [4.78, 5) is 14.4. The van der Waals surface area contributed by atoms with Crippen LogP contribution in [-0.2, 0) is 11.3 Å². The molecule has 0 unspecified atom stereocenters. The number of ether oxygens (including phenoxy) is 2. The summed E-state index contributed by atoms with van der Waals surface area (Å²) in [5, 5.41) is 3.23. The topological polar surface area (TPSA) is 63.9 Å². The monoisotopic (exact) mass is 392 g/mol. The Morgan fingerprint density at radius 3 is 2.81 bits per heavy atom. The minimum Gasteiger partial charge on any atom is -0.489 e. The Kier molecular flexibility index (Phi) is 7.15. The van der Waals surface area contributed by atoms with Crippen molar-refractivity contribution in [2.24, 2.45) is 0 Å². The first kappa shape index (κ1) is 19.7. The number of carbonyl (C=O) groups excluding carboxylic acids is 1. The number of nitrogens with zero attached hydrogens (tertiary/aromatic N) is 1. The molecule has 7 heteroatoms. The number of nitrogens with one attached hydrogen (secondary N) is 1. The van der Waals surface area contributed by atoms with Crippen molar-refractivity contribution in [2.75, 3.05) is 33.4 Å². The number of methoxy groups -OCH3 is 1. The van der Waals surface area contributed by atoms with E-state index in [1.54, 1.807) is 37.8 Å². The highest BCUT2D eigenvalue weighted by Gasteiger charge is 2.22. The van der Waals surface area contributed by atoms with Gasteiger partial charge in [-0.05, 0) is 37.1 Å². The SMILES string of the molecule is COCCNC(=O)c1ccc(OC2CCN(Cc3ccoc3)CC2)c(Cl)c1. The molecule has 0 saturated carbocycles. The summed E-state index contributed by atoms with van der Waals surface area (Å²) in [6.07, 6.45) is 5.50. The first-order valence-corrected chi connectivity index (χ1v) is 9.50. The van der Waals surface area contributed by atoms with Crippen molar-refractivity contribution in [2.45, 2.75) is 25.5 Å². The van der Waals surface area contributed by atoms with Crippen LogP contribution in [0.2, 0.25) is 5.02 Å². The third kappa shape index (κ3) is 5.73. The van der Waals surface area contributed by atoms with Crippen LogP contribution >= 0.6 is 11.6 Å². The van der Waals surface area contributed by atoms with Crippen molar-refractivity contribution >= 4 is 17.5 Å². The van der Waals surface area contributed by atoms with E-state index in [2.05, 4.69) is 10.2 Å². The molecule has 1 N–H and O–H groups in total. The van der Waals surface area contributed by atoms with Crippen LogP contribution in [0.1, 0.15) is 28.8 Å². The van der Waals surface area contributed by atoms with Gasteiger partial charge in [0.2, 0.25) is 0 Å². The normalized spacial score (nSPS) is 15.6. The Bertz CT molecular complexity index is 728. The van der Waals surface area contributed by atoms with Crippen LogP contribution in [0.4, 0.5) is 0 Å². The lowest BCUT2D eigenvalue weighted by atomic mass is 10.1. The fraction of sp³-hybridized carbons (Fsp3) is 0.450. The van der Waals surface area contributed by atoms with Crippen LogP contribution in [-0.4, -0.2) is 50.3 Å². The second kappa shape index (κ2) is 9.78. The molecule has 1 aromatic heterocycles. The predicted molar refractivity (Wildman–Crippen MR) is 103 cm³/mol. The Morgan fingerprint density at radius 2 is 2.15 bits per heavy atom. The van der Waals surface area contributed by atoms with Crippen LogP contribution in [0.15, 0.2) is 41.2 Å². The third-order valence-corrected chi connectivity index (χ3v) is 4.90. The molecule has 1 saturated heterocycles. The number of furan rings is 1. The molecular weight excluding hydrogens is 368 g/mol. The Morgan fingerprint density at radius 1 is 1.33 bits per heavy atom. The highest BCUT2D eigenvalue weighted by atomic mass is 35.5. The van der Waals surface area contributed by atoms with Gasteiger partial charge in [-0.2, -0.15) is 0 Å². The lowest BCUT2D eigenvalue weighted by Gasteiger charge is -2.32. The van der Waals surface area contributed by atoms with E-state index in [-0.39, 0.29) is 12.0 Å². The summed E-state index contributed by atoms with van der Waals surface area (Å²) >= 11 is 6.33. The zero-order valence-corrected chi connectivity index (χ0v) is 16.2. The highest BCUT2D eigenvalue weighted by Crippen LogP contribution is 2.28. The van der Waals surface area contributed by atoms with Crippen LogP contribution < -0.4 is 10.1 Å². The highest BCUT2D eigenvalue weighted by molar-refractivity contribution is 6.32. The summed E-state index contributed by atoms with van der Waals surface area (Å²) in [6, 6.07) is 7.14. The van der Waals surface area contributed by atoms with Gasteiger partial charge in [0.25, 0.3) is 5.91 Å². The van der Waals surface area contributed by atoms with Gasteiger partial charge in [0.1, 0.15) is 11.9 Å². The van der Waals surface area contributed by atoms with E-state index < -0.39 is 0 Å². The largest absolute Gasteiger partial charge is 0.489 e. The zero-order valence-electron chi connectivity index (χ0n) is 15.4. The summed E-state index contributed by atoms with van der Waals surface area (Å²) in [6.45, 7) is 3.76. The minimum absolute atomic E-state index is 0.129. The summed E-state index contributed by atoms with van der Waals surface area (Å²) in [5.41, 5.74) is 1.70. The average Bonchev–Trinajstić information content (AvgIpc) is 3.18. The molecular formula is C20H25ClN2O4. The lowest BCUT2D eigenvalue weighted by molar-refractivity contribution is 0.0935. The first-order chi connectivity index (χ1) is 13.2. The molecule has 0 bridgehead atoms. The van der Waals surface area contributed by atoms with Gasteiger partial charge in [0.05, 0.1) is 24.2 Å². The number of hydrogen-bond acceptors (Lipinski definition) is 5. The van der Waals surface area contributed by atoms with Crippen LogP contribution in [0.5, 0.6) is 5.75 Å². The van der Waals surface area contributed by atoms with E-state index in [1.807, 2.05) is 6.07 Å². The van der Waals surface area contributed by atoms with Crippen molar-refractivity contribution in [3.63, 3.8) is 0 Å². The molecule has 1 aliphatic rings. The number of halogens is 1. The number of benzene rings is 1. The molecule has 3 rings (SSSR count). The number of carbonyl (C=O) groups is 1. The number of hydrogen-bond donors (Lipinski definition) is 1. The van der Waals surface area contributed by atoms with Gasteiger partial charge in [0.15, 0.2) is 0 Å². The van der Waals surface area contributed by atoms with Gasteiger partial charge < -0.3 is 19.2 Å². The Labute approximate surface area is 164 Å². The van der Waals surface area contributed by atoms with Crippen molar-refractivity contribution in [3.8, 4) is 5.75 Å². The number of amides is 1. The molecule has 6 nitrogen and oxygen atoms in total. The molecule has 0 radical (unpaired) electrons. The Balaban J connectivity index is 1.49. The van der Waals surface area contributed by atoms with E-state index in [9.17, 15) is 4.79 Å². The molecule has 0 aliphatic carbocycles. The van der Waals surface area contributed by atoms with Crippen LogP contribution in [0.3, 0.4) is 0 Å². The fourth-order valence-electron chi connectivity index (χ4n) is 3.11. The van der Waals surface area contributed by atoms with Gasteiger partial charge in [-0.1, -0.05) is 11.6 Å². The molecule has 0 atom stereocenters. The zero-order chi connectivity index (χ0) is 19.1. The van der Waals surface area contributed by atoms with Crippen LogP contribution in [0.25, 0.3) is 0 Å².